The number of nitrogens with one attached hydrogen (secondary N) is 1. The highest BCUT2D eigenvalue weighted by Gasteiger charge is 2.66. The molecule has 0 bridgehead atoms. The molecular formula is C21H18F7N3O4. The number of halogens is 7. The first-order chi connectivity index (χ1) is 16.2. The van der Waals surface area contributed by atoms with Crippen LogP contribution in [-0.2, 0) is 9.53 Å². The Kier molecular flexibility index (Phi) is 6.97. The summed E-state index contributed by atoms with van der Waals surface area (Å²) < 4.78 is 105. The molecule has 4 atom stereocenters. The number of rotatable bonds is 6. The lowest BCUT2D eigenvalue weighted by Crippen LogP contribution is -2.47. The van der Waals surface area contributed by atoms with Crippen molar-refractivity contribution in [3.8, 4) is 5.75 Å². The van der Waals surface area contributed by atoms with Gasteiger partial charge in [0.25, 0.3) is 11.8 Å². The van der Waals surface area contributed by atoms with Crippen LogP contribution < -0.4 is 15.8 Å². The summed E-state index contributed by atoms with van der Waals surface area (Å²) in [5.74, 6) is -10.2. The Bertz CT molecular complexity index is 1130. The van der Waals surface area contributed by atoms with Crippen LogP contribution in [0.2, 0.25) is 0 Å². The van der Waals surface area contributed by atoms with E-state index < -0.39 is 71.1 Å². The third kappa shape index (κ3) is 4.88. The molecule has 1 aliphatic heterocycles. The summed E-state index contributed by atoms with van der Waals surface area (Å²) in [6.45, 7) is -1.96. The van der Waals surface area contributed by atoms with E-state index in [0.717, 1.165) is 25.3 Å². The summed E-state index contributed by atoms with van der Waals surface area (Å²) in [6, 6.07) is 3.59. The third-order valence-corrected chi connectivity index (χ3v) is 5.86. The summed E-state index contributed by atoms with van der Waals surface area (Å²) in [6.07, 6.45) is -6.04. The number of hydrogen-bond donors (Lipinski definition) is 2. The van der Waals surface area contributed by atoms with Crippen LogP contribution >= 0.6 is 0 Å². The van der Waals surface area contributed by atoms with Crippen molar-refractivity contribution in [2.75, 3.05) is 5.32 Å². The number of ether oxygens (including phenoxy) is 2. The quantitative estimate of drug-likeness (QED) is 0.570. The zero-order chi connectivity index (χ0) is 26.3. The molecule has 2 amide bonds. The molecule has 1 aliphatic rings. The maximum Gasteiger partial charge on any atom is 0.417 e. The Hall–Kier alpha value is -3.42. The van der Waals surface area contributed by atoms with E-state index in [4.69, 9.17) is 10.5 Å². The molecule has 1 aromatic heterocycles. The smallest absolute Gasteiger partial charge is 0.417 e. The Morgan fingerprint density at radius 2 is 1.86 bits per heavy atom. The fourth-order valence-electron chi connectivity index (χ4n) is 3.87. The first kappa shape index (κ1) is 26.2. The summed E-state index contributed by atoms with van der Waals surface area (Å²) in [5.41, 5.74) is 1.25. The first-order valence-electron chi connectivity index (χ1n) is 9.91. The molecule has 0 aliphatic carbocycles. The number of primary amides is 1. The number of anilines is 1. The monoisotopic (exact) mass is 509 g/mol. The van der Waals surface area contributed by atoms with E-state index in [0.29, 0.717) is 13.0 Å². The first-order valence-corrected chi connectivity index (χ1v) is 9.91. The van der Waals surface area contributed by atoms with E-state index in [-0.39, 0.29) is 11.4 Å². The van der Waals surface area contributed by atoms with Gasteiger partial charge in [-0.2, -0.15) is 26.3 Å². The average Bonchev–Trinajstić information content (AvgIpc) is 3.04. The van der Waals surface area contributed by atoms with Crippen molar-refractivity contribution < 1.29 is 49.8 Å². The average molecular weight is 509 g/mol. The second-order valence-electron chi connectivity index (χ2n) is 7.90. The van der Waals surface area contributed by atoms with Gasteiger partial charge in [-0.05, 0) is 25.1 Å². The van der Waals surface area contributed by atoms with Crippen LogP contribution in [0.25, 0.3) is 0 Å². The summed E-state index contributed by atoms with van der Waals surface area (Å²) in [4.78, 5) is 27.8. The molecule has 2 aromatic rings. The maximum absolute atomic E-state index is 14.4. The fourth-order valence-corrected chi connectivity index (χ4v) is 3.87. The fraction of sp³-hybridized carbons (Fsp3) is 0.381. The van der Waals surface area contributed by atoms with Crippen molar-refractivity contribution >= 4 is 17.5 Å². The maximum atomic E-state index is 14.4. The van der Waals surface area contributed by atoms with Crippen molar-refractivity contribution in [3.63, 3.8) is 0 Å². The van der Waals surface area contributed by atoms with E-state index in [1.807, 2.05) is 0 Å². The molecule has 35 heavy (non-hydrogen) atoms. The number of pyridine rings is 1. The molecule has 3 rings (SSSR count). The highest BCUT2D eigenvalue weighted by Crippen LogP contribution is 2.55. The van der Waals surface area contributed by atoms with Crippen molar-refractivity contribution in [1.82, 2.24) is 4.98 Å². The molecule has 1 aromatic carbocycles. The van der Waals surface area contributed by atoms with Gasteiger partial charge in [0, 0.05) is 17.4 Å². The number of hydrogen-bond acceptors (Lipinski definition) is 5. The predicted molar refractivity (Wildman–Crippen MR) is 106 cm³/mol. The van der Waals surface area contributed by atoms with Gasteiger partial charge < -0.3 is 20.5 Å². The second-order valence-corrected chi connectivity index (χ2v) is 7.90. The molecule has 14 heteroatoms. The Labute approximate surface area is 193 Å². The molecule has 0 unspecified atom stereocenters. The number of benzene rings is 1. The van der Waals surface area contributed by atoms with E-state index >= 15 is 0 Å². The van der Waals surface area contributed by atoms with Crippen molar-refractivity contribution in [3.05, 3.63) is 53.4 Å². The molecule has 1 saturated heterocycles. The lowest BCUT2D eigenvalue weighted by atomic mass is 9.77. The van der Waals surface area contributed by atoms with Crippen LogP contribution in [-0.4, -0.2) is 41.3 Å². The standard InChI is InChI=1S/C21H18F7N3O4/c1-8-13(10-4-5-11(22)14(23)15(10)34-19(24)25)16(35-20(8,2)21(26,27)28)18(33)31-9-3-6-12(17(29)32)30-7-9/h3-8,13,16,19H,1-2H3,(H2,29,32)(H,31,33)/t8-,13-,16+,20+/m1/s1. The zero-order valence-electron chi connectivity index (χ0n) is 18.0. The topological polar surface area (TPSA) is 104 Å². The SMILES string of the molecule is C[C@@H]1[C@H](c2ccc(F)c(F)c2OC(F)F)[C@@H](C(=O)Nc2ccc(C(N)=O)nc2)O[C@]1(C)C(F)(F)F. The Morgan fingerprint density at radius 1 is 1.20 bits per heavy atom. The summed E-state index contributed by atoms with van der Waals surface area (Å²) >= 11 is 0. The normalized spacial score (nSPS) is 24.5. The number of carbonyl (C=O) groups is 2. The van der Waals surface area contributed by atoms with Gasteiger partial charge in [0.15, 0.2) is 17.2 Å². The predicted octanol–water partition coefficient (Wildman–Crippen LogP) is 4.14. The zero-order valence-corrected chi connectivity index (χ0v) is 18.0. The molecule has 0 saturated carbocycles. The van der Waals surface area contributed by atoms with Gasteiger partial charge in [-0.15, -0.1) is 0 Å². The number of carbonyl (C=O) groups excluding carboxylic acids is 2. The minimum atomic E-state index is -5.04. The number of aromatic nitrogens is 1. The van der Waals surface area contributed by atoms with Crippen LogP contribution in [0.15, 0.2) is 30.5 Å². The molecule has 1 fully saturated rings. The van der Waals surface area contributed by atoms with E-state index in [1.165, 1.54) is 6.07 Å². The van der Waals surface area contributed by atoms with Crippen molar-refractivity contribution in [1.29, 1.82) is 0 Å². The van der Waals surface area contributed by atoms with Gasteiger partial charge >= 0.3 is 12.8 Å². The van der Waals surface area contributed by atoms with Crippen molar-refractivity contribution in [2.45, 2.75) is 44.3 Å². The van der Waals surface area contributed by atoms with Crippen LogP contribution in [0.4, 0.5) is 36.4 Å². The van der Waals surface area contributed by atoms with Gasteiger partial charge in [-0.1, -0.05) is 13.0 Å². The molecule has 3 N–H and O–H groups in total. The Morgan fingerprint density at radius 3 is 2.37 bits per heavy atom. The molecule has 7 nitrogen and oxygen atoms in total. The summed E-state index contributed by atoms with van der Waals surface area (Å²) in [5, 5.41) is 2.24. The highest BCUT2D eigenvalue weighted by atomic mass is 19.4. The van der Waals surface area contributed by atoms with Crippen LogP contribution in [0, 0.1) is 17.6 Å². The minimum Gasteiger partial charge on any atom is -0.431 e. The van der Waals surface area contributed by atoms with E-state index in [9.17, 15) is 40.3 Å². The van der Waals surface area contributed by atoms with Gasteiger partial charge in [-0.25, -0.2) is 9.37 Å². The van der Waals surface area contributed by atoms with E-state index in [1.54, 1.807) is 0 Å². The van der Waals surface area contributed by atoms with Gasteiger partial charge in [0.05, 0.1) is 11.9 Å². The molecule has 190 valence electrons. The third-order valence-electron chi connectivity index (χ3n) is 5.86. The Balaban J connectivity index is 2.07. The second kappa shape index (κ2) is 9.32. The van der Waals surface area contributed by atoms with Gasteiger partial charge in [0.2, 0.25) is 5.82 Å². The number of alkyl halides is 5. The lowest BCUT2D eigenvalue weighted by molar-refractivity contribution is -0.272. The largest absolute Gasteiger partial charge is 0.431 e. The molecular weight excluding hydrogens is 491 g/mol. The van der Waals surface area contributed by atoms with Gasteiger partial charge in [0.1, 0.15) is 11.8 Å². The number of amides is 2. The number of nitrogens with zero attached hydrogens (tertiary/aromatic N) is 1. The molecule has 0 spiro atoms. The lowest BCUT2D eigenvalue weighted by Gasteiger charge is -2.32. The van der Waals surface area contributed by atoms with Crippen molar-refractivity contribution in [2.24, 2.45) is 11.7 Å². The number of nitrogens with two attached hydrogens (primary N) is 1. The van der Waals surface area contributed by atoms with Crippen LogP contribution in [0.5, 0.6) is 5.75 Å². The van der Waals surface area contributed by atoms with Crippen LogP contribution in [0.3, 0.4) is 0 Å². The molecule has 2 heterocycles. The minimum absolute atomic E-state index is 0.0649. The van der Waals surface area contributed by atoms with Gasteiger partial charge in [-0.3, -0.25) is 9.59 Å². The van der Waals surface area contributed by atoms with Crippen LogP contribution in [0.1, 0.15) is 35.8 Å². The molecule has 0 radical (unpaired) electrons. The summed E-state index contributed by atoms with van der Waals surface area (Å²) in [7, 11) is 0. The highest BCUT2D eigenvalue weighted by molar-refractivity contribution is 5.96. The van der Waals surface area contributed by atoms with E-state index in [2.05, 4.69) is 15.0 Å².